The highest BCUT2D eigenvalue weighted by Gasteiger charge is 2.28. The van der Waals surface area contributed by atoms with Crippen LogP contribution in [0.15, 0.2) is 18.3 Å². The molecule has 28 heavy (non-hydrogen) atoms. The van der Waals surface area contributed by atoms with Gasteiger partial charge in [0, 0.05) is 38.8 Å². The number of amides is 2. The van der Waals surface area contributed by atoms with Crippen LogP contribution in [0.3, 0.4) is 0 Å². The second-order valence-corrected chi connectivity index (χ2v) is 8.29. The van der Waals surface area contributed by atoms with E-state index >= 15 is 0 Å². The lowest BCUT2D eigenvalue weighted by molar-refractivity contribution is -0.128. The Morgan fingerprint density at radius 1 is 1.29 bits per heavy atom. The SMILES string of the molecule is CC(C)C(CO)Nc1ccc(C(=O)N2CCC(CN3CCCC3=O)CC2)cn1. The molecule has 0 aromatic carbocycles. The van der Waals surface area contributed by atoms with Gasteiger partial charge in [-0.2, -0.15) is 0 Å². The van der Waals surface area contributed by atoms with Crippen LogP contribution in [-0.4, -0.2) is 70.5 Å². The maximum Gasteiger partial charge on any atom is 0.255 e. The van der Waals surface area contributed by atoms with Gasteiger partial charge in [0.2, 0.25) is 5.91 Å². The van der Waals surface area contributed by atoms with E-state index in [1.54, 1.807) is 18.3 Å². The molecule has 1 aromatic rings. The van der Waals surface area contributed by atoms with Crippen LogP contribution in [0.25, 0.3) is 0 Å². The van der Waals surface area contributed by atoms with Crippen molar-refractivity contribution in [3.63, 3.8) is 0 Å². The minimum absolute atomic E-state index is 0.0114. The summed E-state index contributed by atoms with van der Waals surface area (Å²) in [6.07, 6.45) is 5.15. The number of nitrogens with one attached hydrogen (secondary N) is 1. The van der Waals surface area contributed by atoms with Gasteiger partial charge in [-0.05, 0) is 43.2 Å². The molecule has 2 aliphatic rings. The predicted octanol–water partition coefficient (Wildman–Crippen LogP) is 1.98. The van der Waals surface area contributed by atoms with Gasteiger partial charge < -0.3 is 20.2 Å². The lowest BCUT2D eigenvalue weighted by Crippen LogP contribution is -2.41. The fourth-order valence-electron chi connectivity index (χ4n) is 3.93. The van der Waals surface area contributed by atoms with Crippen LogP contribution in [0.4, 0.5) is 5.82 Å². The lowest BCUT2D eigenvalue weighted by atomic mass is 9.96. The number of pyridine rings is 1. The average Bonchev–Trinajstić information content (AvgIpc) is 3.11. The Morgan fingerprint density at radius 3 is 2.57 bits per heavy atom. The first-order chi connectivity index (χ1) is 13.5. The van der Waals surface area contributed by atoms with Crippen LogP contribution in [0.2, 0.25) is 0 Å². The minimum Gasteiger partial charge on any atom is -0.394 e. The molecule has 2 N–H and O–H groups in total. The molecule has 0 bridgehead atoms. The number of aliphatic hydroxyl groups excluding tert-OH is 1. The van der Waals surface area contributed by atoms with Crippen molar-refractivity contribution in [3.8, 4) is 0 Å². The molecule has 3 rings (SSSR count). The number of carbonyl (C=O) groups excluding carboxylic acids is 2. The van der Waals surface area contributed by atoms with Gasteiger partial charge in [-0.1, -0.05) is 13.8 Å². The van der Waals surface area contributed by atoms with E-state index in [2.05, 4.69) is 10.3 Å². The fourth-order valence-corrected chi connectivity index (χ4v) is 3.93. The van der Waals surface area contributed by atoms with Crippen LogP contribution in [0.5, 0.6) is 0 Å². The maximum absolute atomic E-state index is 12.8. The first-order valence-corrected chi connectivity index (χ1v) is 10.4. The fraction of sp³-hybridized carbons (Fsp3) is 0.667. The van der Waals surface area contributed by atoms with E-state index in [0.717, 1.165) is 45.4 Å². The Morgan fingerprint density at radius 2 is 2.04 bits per heavy atom. The van der Waals surface area contributed by atoms with Crippen LogP contribution in [0, 0.1) is 11.8 Å². The van der Waals surface area contributed by atoms with E-state index in [0.29, 0.717) is 23.7 Å². The monoisotopic (exact) mass is 388 g/mol. The summed E-state index contributed by atoms with van der Waals surface area (Å²) in [7, 11) is 0. The van der Waals surface area contributed by atoms with Gasteiger partial charge in [-0.3, -0.25) is 9.59 Å². The molecule has 3 heterocycles. The van der Waals surface area contributed by atoms with Gasteiger partial charge >= 0.3 is 0 Å². The highest BCUT2D eigenvalue weighted by atomic mass is 16.3. The van der Waals surface area contributed by atoms with Crippen LogP contribution >= 0.6 is 0 Å². The first kappa shape index (κ1) is 20.6. The summed E-state index contributed by atoms with van der Waals surface area (Å²) in [5.74, 6) is 1.72. The summed E-state index contributed by atoms with van der Waals surface area (Å²) in [6, 6.07) is 3.53. The lowest BCUT2D eigenvalue weighted by Gasteiger charge is -2.34. The van der Waals surface area contributed by atoms with Gasteiger partial charge in [-0.15, -0.1) is 0 Å². The van der Waals surface area contributed by atoms with Crippen molar-refractivity contribution in [2.75, 3.05) is 38.1 Å². The molecule has 2 aliphatic heterocycles. The highest BCUT2D eigenvalue weighted by molar-refractivity contribution is 5.94. The number of aliphatic hydroxyl groups is 1. The Kier molecular flexibility index (Phi) is 6.88. The van der Waals surface area contributed by atoms with Crippen molar-refractivity contribution in [1.29, 1.82) is 0 Å². The van der Waals surface area contributed by atoms with Crippen LogP contribution < -0.4 is 5.32 Å². The summed E-state index contributed by atoms with van der Waals surface area (Å²) in [5, 5.41) is 12.6. The molecule has 0 aliphatic carbocycles. The van der Waals surface area contributed by atoms with Crippen molar-refractivity contribution < 1.29 is 14.7 Å². The number of aromatic nitrogens is 1. The van der Waals surface area contributed by atoms with Crippen LogP contribution in [0.1, 0.15) is 49.9 Å². The Balaban J connectivity index is 1.50. The molecule has 1 atom stereocenters. The first-order valence-electron chi connectivity index (χ1n) is 10.4. The summed E-state index contributed by atoms with van der Waals surface area (Å²) in [5.41, 5.74) is 0.587. The molecule has 1 aromatic heterocycles. The van der Waals surface area contributed by atoms with E-state index in [1.807, 2.05) is 23.6 Å². The number of nitrogens with zero attached hydrogens (tertiary/aromatic N) is 3. The van der Waals surface area contributed by atoms with Crippen molar-refractivity contribution >= 4 is 17.6 Å². The van der Waals surface area contributed by atoms with Crippen molar-refractivity contribution in [1.82, 2.24) is 14.8 Å². The molecule has 0 radical (unpaired) electrons. The molecule has 154 valence electrons. The second-order valence-electron chi connectivity index (χ2n) is 8.29. The van der Waals surface area contributed by atoms with Crippen molar-refractivity contribution in [3.05, 3.63) is 23.9 Å². The number of hydrogen-bond donors (Lipinski definition) is 2. The van der Waals surface area contributed by atoms with Gasteiger partial charge in [0.05, 0.1) is 18.2 Å². The Hall–Kier alpha value is -2.15. The van der Waals surface area contributed by atoms with Crippen molar-refractivity contribution in [2.24, 2.45) is 11.8 Å². The zero-order chi connectivity index (χ0) is 20.1. The summed E-state index contributed by atoms with van der Waals surface area (Å²) >= 11 is 0. The Labute approximate surface area is 167 Å². The smallest absolute Gasteiger partial charge is 0.255 e. The van der Waals surface area contributed by atoms with E-state index in [9.17, 15) is 14.7 Å². The quantitative estimate of drug-likeness (QED) is 0.746. The zero-order valence-corrected chi connectivity index (χ0v) is 16.9. The molecule has 7 heteroatoms. The Bertz CT molecular complexity index is 669. The molecule has 0 saturated carbocycles. The normalized spacial score (nSPS) is 19.4. The van der Waals surface area contributed by atoms with E-state index < -0.39 is 0 Å². The third-order valence-corrected chi connectivity index (χ3v) is 5.90. The van der Waals surface area contributed by atoms with Crippen LogP contribution in [-0.2, 0) is 4.79 Å². The standard InChI is InChI=1S/C21H32N4O3/c1-15(2)18(14-26)23-19-6-5-17(12-22-19)21(28)24-10-7-16(8-11-24)13-25-9-3-4-20(25)27/h5-6,12,15-16,18,26H,3-4,7-11,13-14H2,1-2H3,(H,22,23). The van der Waals surface area contributed by atoms with E-state index in [-0.39, 0.29) is 30.4 Å². The number of carbonyl (C=O) groups is 2. The van der Waals surface area contributed by atoms with E-state index in [1.165, 1.54) is 0 Å². The number of likely N-dealkylation sites (tertiary alicyclic amines) is 2. The number of rotatable bonds is 7. The number of hydrogen-bond acceptors (Lipinski definition) is 5. The maximum atomic E-state index is 12.8. The number of anilines is 1. The van der Waals surface area contributed by atoms with Gasteiger partial charge in [0.1, 0.15) is 5.82 Å². The zero-order valence-electron chi connectivity index (χ0n) is 16.9. The largest absolute Gasteiger partial charge is 0.394 e. The molecule has 0 spiro atoms. The summed E-state index contributed by atoms with van der Waals surface area (Å²) < 4.78 is 0. The average molecular weight is 389 g/mol. The van der Waals surface area contributed by atoms with Gasteiger partial charge in [0.15, 0.2) is 0 Å². The van der Waals surface area contributed by atoms with E-state index in [4.69, 9.17) is 0 Å². The molecular weight excluding hydrogens is 356 g/mol. The molecule has 1 unspecified atom stereocenters. The number of piperidine rings is 1. The van der Waals surface area contributed by atoms with Crippen molar-refractivity contribution in [2.45, 2.75) is 45.6 Å². The predicted molar refractivity (Wildman–Crippen MR) is 108 cm³/mol. The second kappa shape index (κ2) is 9.37. The summed E-state index contributed by atoms with van der Waals surface area (Å²) in [6.45, 7) is 7.29. The molecule has 7 nitrogen and oxygen atoms in total. The van der Waals surface area contributed by atoms with Gasteiger partial charge in [0.25, 0.3) is 5.91 Å². The molecule has 2 fully saturated rings. The minimum atomic E-state index is -0.0597. The summed E-state index contributed by atoms with van der Waals surface area (Å²) in [4.78, 5) is 32.8. The third kappa shape index (κ3) is 5.01. The molecular formula is C21H32N4O3. The molecule has 2 saturated heterocycles. The third-order valence-electron chi connectivity index (χ3n) is 5.90. The molecule has 2 amide bonds. The highest BCUT2D eigenvalue weighted by Crippen LogP contribution is 2.22. The van der Waals surface area contributed by atoms with Gasteiger partial charge in [-0.25, -0.2) is 4.98 Å². The topological polar surface area (TPSA) is 85.8 Å².